The molecule has 0 radical (unpaired) electrons. The highest BCUT2D eigenvalue weighted by atomic mass is 16.4. The number of piperidine rings is 1. The minimum absolute atomic E-state index is 0.290. The van der Waals surface area contributed by atoms with E-state index in [1.54, 1.807) is 0 Å². The molecule has 0 bridgehead atoms. The number of likely N-dealkylation sites (N-methyl/N-ethyl adjacent to an activating group) is 1. The SMILES string of the molecule is CCC(C)N1CC(CC(=O)O)CC(NC)C1. The second-order valence-electron chi connectivity index (χ2n) is 4.90. The Bertz CT molecular complexity index is 233. The number of carboxylic acids is 1. The summed E-state index contributed by atoms with van der Waals surface area (Å²) in [6.07, 6.45) is 2.40. The molecule has 4 nitrogen and oxygen atoms in total. The maximum Gasteiger partial charge on any atom is 0.303 e. The van der Waals surface area contributed by atoms with Crippen molar-refractivity contribution >= 4 is 5.97 Å². The zero-order chi connectivity index (χ0) is 12.1. The Morgan fingerprint density at radius 3 is 2.75 bits per heavy atom. The first-order chi connectivity index (χ1) is 7.56. The highest BCUT2D eigenvalue weighted by Gasteiger charge is 2.29. The number of hydrogen-bond acceptors (Lipinski definition) is 3. The monoisotopic (exact) mass is 228 g/mol. The molecule has 0 amide bonds. The highest BCUT2D eigenvalue weighted by molar-refractivity contribution is 5.67. The van der Waals surface area contributed by atoms with Crippen LogP contribution >= 0.6 is 0 Å². The van der Waals surface area contributed by atoms with Crippen LogP contribution in [0.3, 0.4) is 0 Å². The van der Waals surface area contributed by atoms with Crippen LogP contribution in [0, 0.1) is 5.92 Å². The van der Waals surface area contributed by atoms with Gasteiger partial charge in [0.25, 0.3) is 0 Å². The van der Waals surface area contributed by atoms with Crippen molar-refractivity contribution in [2.24, 2.45) is 5.92 Å². The Kier molecular flexibility index (Phi) is 5.22. The lowest BCUT2D eigenvalue weighted by molar-refractivity contribution is -0.138. The van der Waals surface area contributed by atoms with E-state index in [4.69, 9.17) is 5.11 Å². The van der Waals surface area contributed by atoms with Gasteiger partial charge in [0, 0.05) is 31.6 Å². The van der Waals surface area contributed by atoms with Crippen LogP contribution in [0.4, 0.5) is 0 Å². The molecule has 0 aliphatic carbocycles. The Morgan fingerprint density at radius 1 is 1.56 bits per heavy atom. The van der Waals surface area contributed by atoms with Crippen LogP contribution < -0.4 is 5.32 Å². The molecule has 16 heavy (non-hydrogen) atoms. The van der Waals surface area contributed by atoms with Gasteiger partial charge in [-0.15, -0.1) is 0 Å². The van der Waals surface area contributed by atoms with Crippen molar-refractivity contribution in [3.63, 3.8) is 0 Å². The average Bonchev–Trinajstić information content (AvgIpc) is 2.26. The van der Waals surface area contributed by atoms with E-state index in [0.29, 0.717) is 18.5 Å². The van der Waals surface area contributed by atoms with Gasteiger partial charge >= 0.3 is 5.97 Å². The van der Waals surface area contributed by atoms with Gasteiger partial charge in [-0.3, -0.25) is 9.69 Å². The van der Waals surface area contributed by atoms with Gasteiger partial charge in [-0.05, 0) is 32.7 Å². The van der Waals surface area contributed by atoms with Gasteiger partial charge in [0.1, 0.15) is 0 Å². The minimum Gasteiger partial charge on any atom is -0.481 e. The van der Waals surface area contributed by atoms with Gasteiger partial charge in [-0.1, -0.05) is 6.92 Å². The summed E-state index contributed by atoms with van der Waals surface area (Å²) in [4.78, 5) is 13.2. The summed E-state index contributed by atoms with van der Waals surface area (Å²) in [6.45, 7) is 6.37. The maximum atomic E-state index is 10.8. The van der Waals surface area contributed by atoms with E-state index < -0.39 is 5.97 Å². The Balaban J connectivity index is 2.57. The number of nitrogens with zero attached hydrogens (tertiary/aromatic N) is 1. The zero-order valence-electron chi connectivity index (χ0n) is 10.6. The molecular formula is C12H24N2O2. The molecule has 0 aromatic rings. The van der Waals surface area contributed by atoms with Crippen molar-refractivity contribution in [3.05, 3.63) is 0 Å². The smallest absolute Gasteiger partial charge is 0.303 e. The van der Waals surface area contributed by atoms with Crippen molar-refractivity contribution in [2.75, 3.05) is 20.1 Å². The third-order valence-electron chi connectivity index (χ3n) is 3.65. The van der Waals surface area contributed by atoms with Crippen molar-refractivity contribution in [2.45, 2.75) is 45.2 Å². The number of carboxylic acid groups (broad SMARTS) is 1. The van der Waals surface area contributed by atoms with E-state index >= 15 is 0 Å². The number of rotatable bonds is 5. The maximum absolute atomic E-state index is 10.8. The number of likely N-dealkylation sites (tertiary alicyclic amines) is 1. The quantitative estimate of drug-likeness (QED) is 0.741. The molecule has 1 saturated heterocycles. The van der Waals surface area contributed by atoms with E-state index in [2.05, 4.69) is 24.1 Å². The zero-order valence-corrected chi connectivity index (χ0v) is 10.6. The van der Waals surface area contributed by atoms with E-state index in [0.717, 1.165) is 25.9 Å². The summed E-state index contributed by atoms with van der Waals surface area (Å²) in [5.41, 5.74) is 0. The van der Waals surface area contributed by atoms with Crippen molar-refractivity contribution in [1.82, 2.24) is 10.2 Å². The second-order valence-corrected chi connectivity index (χ2v) is 4.90. The standard InChI is InChI=1S/C12H24N2O2/c1-4-9(2)14-7-10(6-12(15)16)5-11(8-14)13-3/h9-11,13H,4-8H2,1-3H3,(H,15,16). The van der Waals surface area contributed by atoms with Crippen molar-refractivity contribution in [1.29, 1.82) is 0 Å². The Hall–Kier alpha value is -0.610. The number of carbonyl (C=O) groups is 1. The first-order valence-corrected chi connectivity index (χ1v) is 6.19. The Morgan fingerprint density at radius 2 is 2.25 bits per heavy atom. The molecule has 3 atom stereocenters. The molecule has 1 aliphatic heterocycles. The van der Waals surface area contributed by atoms with Crippen LogP contribution in [-0.4, -0.2) is 48.2 Å². The van der Waals surface area contributed by atoms with E-state index in [1.165, 1.54) is 0 Å². The lowest BCUT2D eigenvalue weighted by Gasteiger charge is -2.40. The molecule has 94 valence electrons. The largest absolute Gasteiger partial charge is 0.481 e. The summed E-state index contributed by atoms with van der Waals surface area (Å²) >= 11 is 0. The van der Waals surface area contributed by atoms with Crippen molar-refractivity contribution < 1.29 is 9.90 Å². The first-order valence-electron chi connectivity index (χ1n) is 6.19. The summed E-state index contributed by atoms with van der Waals surface area (Å²) < 4.78 is 0. The van der Waals surface area contributed by atoms with E-state index in [-0.39, 0.29) is 5.92 Å². The molecular weight excluding hydrogens is 204 g/mol. The van der Waals surface area contributed by atoms with Crippen LogP contribution in [0.1, 0.15) is 33.1 Å². The minimum atomic E-state index is -0.675. The van der Waals surface area contributed by atoms with E-state index in [9.17, 15) is 4.79 Å². The summed E-state index contributed by atoms with van der Waals surface area (Å²) in [5.74, 6) is -0.386. The van der Waals surface area contributed by atoms with Gasteiger partial charge in [0.2, 0.25) is 0 Å². The fourth-order valence-electron chi connectivity index (χ4n) is 2.46. The number of hydrogen-bond donors (Lipinski definition) is 2. The van der Waals surface area contributed by atoms with Crippen LogP contribution in [0.5, 0.6) is 0 Å². The summed E-state index contributed by atoms with van der Waals surface area (Å²) in [5, 5.41) is 12.1. The van der Waals surface area contributed by atoms with Crippen LogP contribution in [0.2, 0.25) is 0 Å². The van der Waals surface area contributed by atoms with Crippen LogP contribution in [0.15, 0.2) is 0 Å². The topological polar surface area (TPSA) is 52.6 Å². The lowest BCUT2D eigenvalue weighted by atomic mass is 9.90. The average molecular weight is 228 g/mol. The predicted octanol–water partition coefficient (Wildman–Crippen LogP) is 1.17. The van der Waals surface area contributed by atoms with Gasteiger partial charge in [-0.2, -0.15) is 0 Å². The van der Waals surface area contributed by atoms with Gasteiger partial charge in [0.15, 0.2) is 0 Å². The molecule has 0 saturated carbocycles. The Labute approximate surface area is 98.0 Å². The number of nitrogens with one attached hydrogen (secondary N) is 1. The highest BCUT2D eigenvalue weighted by Crippen LogP contribution is 2.22. The molecule has 0 aromatic heterocycles. The van der Waals surface area contributed by atoms with Crippen LogP contribution in [-0.2, 0) is 4.79 Å². The molecule has 4 heteroatoms. The lowest BCUT2D eigenvalue weighted by Crippen LogP contribution is -2.51. The van der Waals surface area contributed by atoms with Gasteiger partial charge in [0.05, 0.1) is 0 Å². The fourth-order valence-corrected chi connectivity index (χ4v) is 2.46. The molecule has 3 unspecified atom stereocenters. The van der Waals surface area contributed by atoms with Crippen LogP contribution in [0.25, 0.3) is 0 Å². The molecule has 1 rings (SSSR count). The molecule has 1 heterocycles. The number of aliphatic carboxylic acids is 1. The first kappa shape index (κ1) is 13.5. The molecule has 1 fully saturated rings. The third kappa shape index (κ3) is 3.76. The summed E-state index contributed by atoms with van der Waals surface area (Å²) in [7, 11) is 1.96. The normalized spacial score (nSPS) is 28.9. The second kappa shape index (κ2) is 6.21. The molecule has 1 aliphatic rings. The van der Waals surface area contributed by atoms with Crippen molar-refractivity contribution in [3.8, 4) is 0 Å². The molecule has 2 N–H and O–H groups in total. The fraction of sp³-hybridized carbons (Fsp3) is 0.917. The summed E-state index contributed by atoms with van der Waals surface area (Å²) in [6, 6.07) is 0.986. The molecule has 0 spiro atoms. The predicted molar refractivity (Wildman–Crippen MR) is 64.5 cm³/mol. The van der Waals surface area contributed by atoms with Gasteiger partial charge in [-0.25, -0.2) is 0 Å². The van der Waals surface area contributed by atoms with E-state index in [1.807, 2.05) is 7.05 Å². The third-order valence-corrected chi connectivity index (χ3v) is 3.65. The molecule has 0 aromatic carbocycles. The van der Waals surface area contributed by atoms with Gasteiger partial charge < -0.3 is 10.4 Å².